The molecule has 0 aliphatic rings. The normalized spacial score (nSPS) is 10.4. The summed E-state index contributed by atoms with van der Waals surface area (Å²) in [5.41, 5.74) is 2.60. The number of rotatable bonds is 6. The average molecular weight is 407 g/mol. The van der Waals surface area contributed by atoms with E-state index in [-0.39, 0.29) is 17.3 Å². The largest absolute Gasteiger partial charge is 0.424 e. The first-order valence-corrected chi connectivity index (χ1v) is 9.10. The second kappa shape index (κ2) is 8.56. The van der Waals surface area contributed by atoms with E-state index in [9.17, 15) is 14.9 Å². The van der Waals surface area contributed by atoms with Crippen LogP contribution in [0.4, 0.5) is 17.1 Å². The third-order valence-corrected chi connectivity index (χ3v) is 4.20. The lowest BCUT2D eigenvalue weighted by molar-refractivity contribution is -0.384. The highest BCUT2D eigenvalue weighted by atomic mass is 16.6. The number of carbonyl (C=O) groups is 1. The van der Waals surface area contributed by atoms with Gasteiger partial charge in [0.15, 0.2) is 0 Å². The third-order valence-electron chi connectivity index (χ3n) is 4.20. The molecule has 30 heavy (non-hydrogen) atoms. The van der Waals surface area contributed by atoms with E-state index in [4.69, 9.17) is 4.74 Å². The monoisotopic (exact) mass is 407 g/mol. The number of carbonyl (C=O) groups excluding carboxylic acids is 1. The quantitative estimate of drug-likeness (QED) is 0.483. The summed E-state index contributed by atoms with van der Waals surface area (Å²) in [4.78, 5) is 33.4. The summed E-state index contributed by atoms with van der Waals surface area (Å²) in [6.45, 7) is 3.71. The minimum absolute atomic E-state index is 0.134. The first-order valence-electron chi connectivity index (χ1n) is 9.10. The highest BCUT2D eigenvalue weighted by molar-refractivity contribution is 6.05. The highest BCUT2D eigenvalue weighted by Gasteiger charge is 2.19. The van der Waals surface area contributed by atoms with Crippen molar-refractivity contribution >= 4 is 23.0 Å². The molecule has 3 aromatic rings. The van der Waals surface area contributed by atoms with E-state index in [0.717, 1.165) is 11.4 Å². The maximum Gasteiger partial charge on any atom is 0.322 e. The number of nitrogens with one attached hydrogen (secondary N) is 1. The number of hydrogen-bond donors (Lipinski definition) is 1. The van der Waals surface area contributed by atoms with Crippen LogP contribution < -0.4 is 15.0 Å². The standard InChI is InChI=1S/C21H21N5O4/c1-13-11-14(2)23-21(22-13)30-17-8-6-16(7-9-17)24-20(27)15-5-10-18(25(3)4)19(12-15)26(28)29/h5-12H,1-4H3,(H,24,27). The van der Waals surface area contributed by atoms with E-state index in [1.165, 1.54) is 6.07 Å². The van der Waals surface area contributed by atoms with Crippen LogP contribution >= 0.6 is 0 Å². The lowest BCUT2D eigenvalue weighted by Gasteiger charge is -2.13. The van der Waals surface area contributed by atoms with E-state index in [0.29, 0.717) is 17.1 Å². The van der Waals surface area contributed by atoms with Crippen LogP contribution in [0, 0.1) is 24.0 Å². The zero-order valence-corrected chi connectivity index (χ0v) is 17.0. The number of aromatic nitrogens is 2. The van der Waals surface area contributed by atoms with Crippen LogP contribution in [-0.2, 0) is 0 Å². The van der Waals surface area contributed by atoms with Gasteiger partial charge in [-0.3, -0.25) is 14.9 Å². The molecular weight excluding hydrogens is 386 g/mol. The predicted molar refractivity (Wildman–Crippen MR) is 113 cm³/mol. The Bertz CT molecular complexity index is 1080. The first-order chi connectivity index (χ1) is 14.2. The SMILES string of the molecule is Cc1cc(C)nc(Oc2ccc(NC(=O)c3ccc(N(C)C)c([N+](=O)[O-])c3)cc2)n1. The van der Waals surface area contributed by atoms with Crippen LogP contribution in [0.1, 0.15) is 21.7 Å². The molecule has 0 fully saturated rings. The molecule has 0 unspecified atom stereocenters. The summed E-state index contributed by atoms with van der Waals surface area (Å²) < 4.78 is 5.65. The second-order valence-electron chi connectivity index (χ2n) is 6.87. The van der Waals surface area contributed by atoms with Gasteiger partial charge < -0.3 is 15.0 Å². The fraction of sp³-hybridized carbons (Fsp3) is 0.190. The number of aryl methyl sites for hydroxylation is 2. The van der Waals surface area contributed by atoms with Crippen LogP contribution in [-0.4, -0.2) is 34.9 Å². The first kappa shape index (κ1) is 20.7. The van der Waals surface area contributed by atoms with Crippen molar-refractivity contribution in [3.63, 3.8) is 0 Å². The third kappa shape index (κ3) is 4.88. The summed E-state index contributed by atoms with van der Waals surface area (Å²) in [6.07, 6.45) is 0. The zero-order chi connectivity index (χ0) is 21.8. The Labute approximate surface area is 173 Å². The summed E-state index contributed by atoms with van der Waals surface area (Å²) >= 11 is 0. The van der Waals surface area contributed by atoms with Crippen LogP contribution in [0.2, 0.25) is 0 Å². The van der Waals surface area contributed by atoms with Crippen LogP contribution in [0.5, 0.6) is 11.8 Å². The minimum Gasteiger partial charge on any atom is -0.424 e. The molecule has 2 aromatic carbocycles. The van der Waals surface area contributed by atoms with Gasteiger partial charge in [-0.25, -0.2) is 9.97 Å². The molecule has 9 nitrogen and oxygen atoms in total. The van der Waals surface area contributed by atoms with Gasteiger partial charge in [-0.2, -0.15) is 0 Å². The lowest BCUT2D eigenvalue weighted by Crippen LogP contribution is -2.15. The Morgan fingerprint density at radius 2 is 1.67 bits per heavy atom. The number of anilines is 2. The van der Waals surface area contributed by atoms with Crippen LogP contribution in [0.25, 0.3) is 0 Å². The highest BCUT2D eigenvalue weighted by Crippen LogP contribution is 2.28. The number of nitro benzene ring substituents is 1. The summed E-state index contributed by atoms with van der Waals surface area (Å²) in [6, 6.07) is 13.1. The van der Waals surface area contributed by atoms with Gasteiger partial charge in [0.1, 0.15) is 11.4 Å². The Kier molecular flexibility index (Phi) is 5.91. The van der Waals surface area contributed by atoms with Crippen molar-refractivity contribution in [2.75, 3.05) is 24.3 Å². The maximum atomic E-state index is 12.5. The van der Waals surface area contributed by atoms with Gasteiger partial charge in [-0.15, -0.1) is 0 Å². The number of amides is 1. The number of benzene rings is 2. The van der Waals surface area contributed by atoms with Crippen molar-refractivity contribution in [3.05, 3.63) is 75.6 Å². The van der Waals surface area contributed by atoms with Gasteiger partial charge in [0.05, 0.1) is 4.92 Å². The van der Waals surface area contributed by atoms with E-state index < -0.39 is 10.8 Å². The molecule has 9 heteroatoms. The summed E-state index contributed by atoms with van der Waals surface area (Å²) in [5.74, 6) is 0.0682. The van der Waals surface area contributed by atoms with E-state index in [1.54, 1.807) is 55.4 Å². The number of hydrogen-bond acceptors (Lipinski definition) is 7. The molecule has 0 bridgehead atoms. The van der Waals surface area contributed by atoms with Crippen LogP contribution in [0.3, 0.4) is 0 Å². The topological polar surface area (TPSA) is 110 Å². The Morgan fingerprint density at radius 1 is 1.03 bits per heavy atom. The smallest absolute Gasteiger partial charge is 0.322 e. The molecule has 1 amide bonds. The van der Waals surface area contributed by atoms with E-state index in [2.05, 4.69) is 15.3 Å². The number of ether oxygens (including phenoxy) is 1. The molecule has 0 atom stereocenters. The predicted octanol–water partition coefficient (Wildman–Crippen LogP) is 4.11. The average Bonchev–Trinajstić information content (AvgIpc) is 2.68. The molecule has 154 valence electrons. The molecule has 0 spiro atoms. The Morgan fingerprint density at radius 3 is 2.23 bits per heavy atom. The van der Waals surface area contributed by atoms with Crippen molar-refractivity contribution in [2.45, 2.75) is 13.8 Å². The molecule has 3 rings (SSSR count). The Balaban J connectivity index is 1.73. The van der Waals surface area contributed by atoms with Crippen molar-refractivity contribution in [1.29, 1.82) is 0 Å². The molecule has 1 N–H and O–H groups in total. The molecule has 0 aliphatic heterocycles. The van der Waals surface area contributed by atoms with Crippen LogP contribution in [0.15, 0.2) is 48.5 Å². The number of nitrogens with zero attached hydrogens (tertiary/aromatic N) is 4. The van der Waals surface area contributed by atoms with E-state index >= 15 is 0 Å². The minimum atomic E-state index is -0.507. The van der Waals surface area contributed by atoms with Crippen molar-refractivity contribution in [3.8, 4) is 11.8 Å². The van der Waals surface area contributed by atoms with Crippen molar-refractivity contribution in [1.82, 2.24) is 9.97 Å². The van der Waals surface area contributed by atoms with Crippen molar-refractivity contribution < 1.29 is 14.5 Å². The van der Waals surface area contributed by atoms with Gasteiger partial charge in [-0.1, -0.05) is 0 Å². The second-order valence-corrected chi connectivity index (χ2v) is 6.87. The number of nitro groups is 1. The van der Waals surface area contributed by atoms with Gasteiger partial charge in [0.2, 0.25) is 0 Å². The molecule has 1 aromatic heterocycles. The Hall–Kier alpha value is -4.01. The van der Waals surface area contributed by atoms with Crippen molar-refractivity contribution in [2.24, 2.45) is 0 Å². The van der Waals surface area contributed by atoms with Gasteiger partial charge in [0.25, 0.3) is 11.6 Å². The molecule has 0 aliphatic carbocycles. The summed E-state index contributed by atoms with van der Waals surface area (Å²) in [5, 5.41) is 14.0. The lowest BCUT2D eigenvalue weighted by atomic mass is 10.1. The van der Waals surface area contributed by atoms with Gasteiger partial charge >= 0.3 is 6.01 Å². The van der Waals surface area contributed by atoms with Gasteiger partial charge in [0, 0.05) is 42.8 Å². The van der Waals surface area contributed by atoms with E-state index in [1.807, 2.05) is 19.9 Å². The molecule has 0 radical (unpaired) electrons. The zero-order valence-electron chi connectivity index (χ0n) is 17.0. The fourth-order valence-corrected chi connectivity index (χ4v) is 2.84. The molecule has 0 saturated carbocycles. The molecule has 1 heterocycles. The summed E-state index contributed by atoms with van der Waals surface area (Å²) in [7, 11) is 3.41. The molecule has 0 saturated heterocycles. The van der Waals surface area contributed by atoms with Gasteiger partial charge in [-0.05, 0) is 56.3 Å². The molecular formula is C21H21N5O4. The fourth-order valence-electron chi connectivity index (χ4n) is 2.84. The maximum absolute atomic E-state index is 12.5.